The Balaban J connectivity index is 2.61. The number of fused-ring (bicyclic) bond motifs is 1. The summed E-state index contributed by atoms with van der Waals surface area (Å²) < 4.78 is 0. The van der Waals surface area contributed by atoms with Crippen molar-refractivity contribution in [2.24, 2.45) is 0 Å². The predicted octanol–water partition coefficient (Wildman–Crippen LogP) is 0.956. The summed E-state index contributed by atoms with van der Waals surface area (Å²) >= 11 is 0. The number of pyridine rings is 1. The van der Waals surface area contributed by atoms with E-state index in [1.165, 1.54) is 0 Å². The van der Waals surface area contributed by atoms with Gasteiger partial charge in [-0.05, 0) is 18.6 Å². The maximum absolute atomic E-state index is 10.7. The van der Waals surface area contributed by atoms with E-state index >= 15 is 0 Å². The predicted molar refractivity (Wildman–Crippen MR) is 36.9 cm³/mol. The van der Waals surface area contributed by atoms with Crippen LogP contribution in [0.2, 0.25) is 0 Å². The van der Waals surface area contributed by atoms with Gasteiger partial charge in [0.1, 0.15) is 5.82 Å². The van der Waals surface area contributed by atoms with Crippen molar-refractivity contribution in [1.82, 2.24) is 4.98 Å². The van der Waals surface area contributed by atoms with Gasteiger partial charge in [-0.25, -0.2) is 4.98 Å². The van der Waals surface area contributed by atoms with Crippen molar-refractivity contribution in [3.63, 3.8) is 0 Å². The smallest absolute Gasteiger partial charge is 0.260 e. The maximum Gasteiger partial charge on any atom is 0.260 e. The Bertz CT molecular complexity index is 306. The molecule has 0 spiro atoms. The highest BCUT2D eigenvalue weighted by atomic mass is 16.2. The van der Waals surface area contributed by atoms with Crippen molar-refractivity contribution in [3.05, 3.63) is 23.4 Å². The fraction of sp³-hybridized carbons (Fsp3) is 0.143. The monoisotopic (exact) mass is 134 g/mol. The summed E-state index contributed by atoms with van der Waals surface area (Å²) in [5.41, 5.74) is 1.73. The molecule has 2 heterocycles. The molecule has 10 heavy (non-hydrogen) atoms. The minimum absolute atomic E-state index is 0.0220. The van der Waals surface area contributed by atoms with Gasteiger partial charge in [-0.15, -0.1) is 0 Å². The second kappa shape index (κ2) is 1.56. The molecule has 2 rings (SSSR count). The Hall–Kier alpha value is -1.38. The van der Waals surface area contributed by atoms with Crippen LogP contribution in [0.4, 0.5) is 5.82 Å². The van der Waals surface area contributed by atoms with Crippen molar-refractivity contribution in [3.8, 4) is 0 Å². The third-order valence-electron chi connectivity index (χ3n) is 1.50. The molecule has 50 valence electrons. The van der Waals surface area contributed by atoms with Crippen LogP contribution in [0, 0.1) is 6.92 Å². The SMILES string of the molecule is Cc1cnc2c(c1)C(=O)N2. The number of nitrogens with zero attached hydrogens (tertiary/aromatic N) is 1. The van der Waals surface area contributed by atoms with E-state index in [4.69, 9.17) is 0 Å². The number of carbonyl (C=O) groups excluding carboxylic acids is 1. The molecule has 3 nitrogen and oxygen atoms in total. The van der Waals surface area contributed by atoms with Crippen molar-refractivity contribution < 1.29 is 4.79 Å². The van der Waals surface area contributed by atoms with Crippen LogP contribution < -0.4 is 5.32 Å². The number of carbonyl (C=O) groups is 1. The highest BCUT2D eigenvalue weighted by Gasteiger charge is 2.23. The lowest BCUT2D eigenvalue weighted by atomic mass is 10.1. The first-order valence-electron chi connectivity index (χ1n) is 3.05. The van der Waals surface area contributed by atoms with E-state index < -0.39 is 0 Å². The Morgan fingerprint density at radius 3 is 3.00 bits per heavy atom. The lowest BCUT2D eigenvalue weighted by Gasteiger charge is -2.17. The molecular formula is C7H6N2O. The molecule has 0 unspecified atom stereocenters. The van der Waals surface area contributed by atoms with Gasteiger partial charge in [0.2, 0.25) is 0 Å². The van der Waals surface area contributed by atoms with Crippen molar-refractivity contribution in [2.75, 3.05) is 5.32 Å². The number of anilines is 1. The molecule has 1 aromatic heterocycles. The molecule has 0 aromatic carbocycles. The highest BCUT2D eigenvalue weighted by Crippen LogP contribution is 2.22. The van der Waals surface area contributed by atoms with Crippen molar-refractivity contribution >= 4 is 11.7 Å². The summed E-state index contributed by atoms with van der Waals surface area (Å²) in [6.45, 7) is 1.92. The van der Waals surface area contributed by atoms with Gasteiger partial charge in [-0.1, -0.05) is 0 Å². The number of rotatable bonds is 0. The lowest BCUT2D eigenvalue weighted by molar-refractivity contribution is 0.101. The van der Waals surface area contributed by atoms with Gasteiger partial charge in [0.15, 0.2) is 0 Å². The van der Waals surface area contributed by atoms with Gasteiger partial charge >= 0.3 is 0 Å². The molecule has 1 aromatic rings. The minimum Gasteiger partial charge on any atom is -0.306 e. The average molecular weight is 134 g/mol. The largest absolute Gasteiger partial charge is 0.306 e. The second-order valence-corrected chi connectivity index (χ2v) is 2.36. The van der Waals surface area contributed by atoms with Crippen LogP contribution in [0.3, 0.4) is 0 Å². The molecule has 0 atom stereocenters. The number of nitrogens with one attached hydrogen (secondary N) is 1. The van der Waals surface area contributed by atoms with Crippen LogP contribution in [-0.4, -0.2) is 10.9 Å². The van der Waals surface area contributed by atoms with Gasteiger partial charge in [-0.3, -0.25) is 4.79 Å². The molecule has 1 N–H and O–H groups in total. The van der Waals surface area contributed by atoms with Crippen LogP contribution in [0.1, 0.15) is 15.9 Å². The minimum atomic E-state index is -0.0220. The average Bonchev–Trinajstić information content (AvgIpc) is 1.92. The summed E-state index contributed by atoms with van der Waals surface area (Å²) in [6, 6.07) is 1.83. The van der Waals surface area contributed by atoms with Gasteiger partial charge < -0.3 is 5.32 Å². The summed E-state index contributed by atoms with van der Waals surface area (Å²) in [5.74, 6) is 0.682. The van der Waals surface area contributed by atoms with Gasteiger partial charge in [0.05, 0.1) is 5.56 Å². The second-order valence-electron chi connectivity index (χ2n) is 2.36. The van der Waals surface area contributed by atoms with E-state index in [1.807, 2.05) is 13.0 Å². The first-order valence-corrected chi connectivity index (χ1v) is 3.05. The maximum atomic E-state index is 10.7. The molecule has 0 aliphatic carbocycles. The topological polar surface area (TPSA) is 42.0 Å². The quantitative estimate of drug-likeness (QED) is 0.574. The molecule has 1 aliphatic rings. The van der Waals surface area contributed by atoms with Gasteiger partial charge in [-0.2, -0.15) is 0 Å². The Morgan fingerprint density at radius 1 is 1.60 bits per heavy atom. The summed E-state index contributed by atoms with van der Waals surface area (Å²) in [5, 5.41) is 2.56. The fourth-order valence-electron chi connectivity index (χ4n) is 0.954. The van der Waals surface area contributed by atoms with Crippen LogP contribution in [0.5, 0.6) is 0 Å². The van der Waals surface area contributed by atoms with Crippen LogP contribution in [-0.2, 0) is 0 Å². The number of hydrogen-bond donors (Lipinski definition) is 1. The Morgan fingerprint density at radius 2 is 2.40 bits per heavy atom. The summed E-state index contributed by atoms with van der Waals surface area (Å²) in [4.78, 5) is 14.7. The van der Waals surface area contributed by atoms with E-state index in [1.54, 1.807) is 6.20 Å². The van der Waals surface area contributed by atoms with Crippen molar-refractivity contribution in [2.45, 2.75) is 6.92 Å². The Kier molecular flexibility index (Phi) is 0.845. The first kappa shape index (κ1) is 5.41. The van der Waals surface area contributed by atoms with E-state index in [0.717, 1.165) is 5.56 Å². The number of amides is 1. The molecular weight excluding hydrogens is 128 g/mol. The zero-order valence-electron chi connectivity index (χ0n) is 5.51. The molecule has 0 radical (unpaired) electrons. The highest BCUT2D eigenvalue weighted by molar-refractivity contribution is 6.16. The zero-order chi connectivity index (χ0) is 7.14. The molecule has 1 amide bonds. The normalized spacial score (nSPS) is 13.5. The molecule has 0 fully saturated rings. The fourth-order valence-corrected chi connectivity index (χ4v) is 0.954. The van der Waals surface area contributed by atoms with E-state index in [-0.39, 0.29) is 5.91 Å². The lowest BCUT2D eigenvalue weighted by Crippen LogP contribution is -2.25. The van der Waals surface area contributed by atoms with E-state index in [9.17, 15) is 4.79 Å². The molecule has 3 heteroatoms. The van der Waals surface area contributed by atoms with Crippen molar-refractivity contribution in [1.29, 1.82) is 0 Å². The molecule has 0 saturated carbocycles. The van der Waals surface area contributed by atoms with Crippen LogP contribution >= 0.6 is 0 Å². The number of aromatic nitrogens is 1. The number of hydrogen-bond acceptors (Lipinski definition) is 2. The molecule has 0 saturated heterocycles. The molecule has 0 bridgehead atoms. The zero-order valence-corrected chi connectivity index (χ0v) is 5.51. The Labute approximate surface area is 58.1 Å². The van der Waals surface area contributed by atoms with Gasteiger partial charge in [0.25, 0.3) is 5.91 Å². The standard InChI is InChI=1S/C7H6N2O/c1-4-2-5-6(8-3-4)9-7(5)10/h2-3H,1H3,(H,8,9,10). The van der Waals surface area contributed by atoms with Gasteiger partial charge in [0, 0.05) is 6.20 Å². The van der Waals surface area contributed by atoms with E-state index in [2.05, 4.69) is 10.3 Å². The summed E-state index contributed by atoms with van der Waals surface area (Å²) in [7, 11) is 0. The van der Waals surface area contributed by atoms with E-state index in [0.29, 0.717) is 11.4 Å². The van der Waals surface area contributed by atoms with Crippen LogP contribution in [0.25, 0.3) is 0 Å². The molecule has 1 aliphatic heterocycles. The number of aryl methyl sites for hydroxylation is 1. The first-order chi connectivity index (χ1) is 4.77. The third-order valence-corrected chi connectivity index (χ3v) is 1.50. The summed E-state index contributed by atoms with van der Waals surface area (Å²) in [6.07, 6.45) is 1.73. The third kappa shape index (κ3) is 0.543. The van der Waals surface area contributed by atoms with Crippen LogP contribution in [0.15, 0.2) is 12.3 Å².